The second-order valence-corrected chi connectivity index (χ2v) is 7.65. The van der Waals surface area contributed by atoms with Gasteiger partial charge in [-0.3, -0.25) is 9.59 Å². The fourth-order valence-electron chi connectivity index (χ4n) is 1.95. The summed E-state index contributed by atoms with van der Waals surface area (Å²) in [4.78, 5) is 31.2. The number of carbonyl (C=O) groups is 2. The van der Waals surface area contributed by atoms with Crippen molar-refractivity contribution in [2.45, 2.75) is 39.3 Å². The van der Waals surface area contributed by atoms with E-state index in [-0.39, 0.29) is 17.4 Å². The van der Waals surface area contributed by atoms with Crippen LogP contribution in [-0.4, -0.2) is 44.9 Å². The second kappa shape index (κ2) is 5.73. The van der Waals surface area contributed by atoms with Crippen LogP contribution in [0.25, 0.3) is 0 Å². The molecule has 0 saturated carbocycles. The fourth-order valence-corrected chi connectivity index (χ4v) is 3.86. The summed E-state index contributed by atoms with van der Waals surface area (Å²) >= 11 is 2.93. The molecule has 1 N–H and O–H groups in total. The van der Waals surface area contributed by atoms with Gasteiger partial charge in [-0.15, -0.1) is 23.1 Å². The quantitative estimate of drug-likeness (QED) is 0.905. The molecule has 7 heteroatoms. The summed E-state index contributed by atoms with van der Waals surface area (Å²) in [6.45, 7) is 7.63. The summed E-state index contributed by atoms with van der Waals surface area (Å²) in [6.07, 6.45) is 0. The van der Waals surface area contributed by atoms with E-state index in [1.54, 1.807) is 22.2 Å². The first-order chi connectivity index (χ1) is 9.29. The van der Waals surface area contributed by atoms with Gasteiger partial charge in [0.15, 0.2) is 0 Å². The van der Waals surface area contributed by atoms with Crippen molar-refractivity contribution in [3.8, 4) is 0 Å². The highest BCUT2D eigenvalue weighted by atomic mass is 32.2. The second-order valence-electron chi connectivity index (χ2n) is 5.80. The van der Waals surface area contributed by atoms with Gasteiger partial charge >= 0.3 is 0 Å². The van der Waals surface area contributed by atoms with Crippen LogP contribution in [0.1, 0.15) is 36.1 Å². The third-order valence-electron chi connectivity index (χ3n) is 2.88. The Balaban J connectivity index is 2.13. The number of aryl methyl sites for hydroxylation is 1. The first-order valence-corrected chi connectivity index (χ1v) is 8.44. The maximum absolute atomic E-state index is 12.5. The van der Waals surface area contributed by atoms with Gasteiger partial charge in [0.05, 0.1) is 17.1 Å². The Kier molecular flexibility index (Phi) is 4.39. The van der Waals surface area contributed by atoms with Gasteiger partial charge in [-0.2, -0.15) is 0 Å². The number of thioether (sulfide) groups is 1. The van der Waals surface area contributed by atoms with Crippen molar-refractivity contribution >= 4 is 34.9 Å². The molecule has 0 aliphatic carbocycles. The standard InChI is InChI=1S/C13H19N3O2S2/c1-8-10(20-6-14-8)12(18)16-7-19-5-9(16)11(17)15-13(2,3)4/h6,9H,5,7H2,1-4H3,(H,15,17)/t9-/m0/s1. The Hall–Kier alpha value is -1.08. The minimum absolute atomic E-state index is 0.0852. The molecule has 1 fully saturated rings. The van der Waals surface area contributed by atoms with Crippen molar-refractivity contribution in [3.05, 3.63) is 16.1 Å². The zero-order valence-electron chi connectivity index (χ0n) is 12.1. The molecule has 1 aliphatic heterocycles. The smallest absolute Gasteiger partial charge is 0.267 e. The molecule has 1 aliphatic rings. The number of rotatable bonds is 2. The van der Waals surface area contributed by atoms with Gasteiger partial charge < -0.3 is 10.2 Å². The van der Waals surface area contributed by atoms with Crippen molar-refractivity contribution in [1.29, 1.82) is 0 Å². The van der Waals surface area contributed by atoms with Crippen molar-refractivity contribution in [1.82, 2.24) is 15.2 Å². The molecule has 0 aromatic carbocycles. The Bertz CT molecular complexity index is 522. The molecule has 1 aromatic heterocycles. The minimum atomic E-state index is -0.395. The van der Waals surface area contributed by atoms with Gasteiger partial charge in [0.25, 0.3) is 5.91 Å². The largest absolute Gasteiger partial charge is 0.350 e. The van der Waals surface area contributed by atoms with Crippen LogP contribution in [0.3, 0.4) is 0 Å². The monoisotopic (exact) mass is 313 g/mol. The predicted molar refractivity (Wildman–Crippen MR) is 82.0 cm³/mol. The molecular formula is C13H19N3O2S2. The van der Waals surface area contributed by atoms with E-state index in [0.29, 0.717) is 16.5 Å². The summed E-state index contributed by atoms with van der Waals surface area (Å²) in [5.41, 5.74) is 2.10. The number of thiazole rings is 1. The number of hydrogen-bond acceptors (Lipinski definition) is 5. The van der Waals surface area contributed by atoms with E-state index in [4.69, 9.17) is 0 Å². The maximum Gasteiger partial charge on any atom is 0.267 e. The van der Waals surface area contributed by atoms with Crippen molar-refractivity contribution in [2.75, 3.05) is 11.6 Å². The highest BCUT2D eigenvalue weighted by Crippen LogP contribution is 2.26. The number of hydrogen-bond donors (Lipinski definition) is 1. The summed E-state index contributed by atoms with van der Waals surface area (Å²) in [7, 11) is 0. The van der Waals surface area contributed by atoms with Gasteiger partial charge in [-0.25, -0.2) is 4.98 Å². The average Bonchev–Trinajstić information content (AvgIpc) is 2.93. The molecule has 2 amide bonds. The molecule has 1 saturated heterocycles. The lowest BCUT2D eigenvalue weighted by Crippen LogP contribution is -2.52. The summed E-state index contributed by atoms with van der Waals surface area (Å²) in [5.74, 6) is 1.02. The first kappa shape index (κ1) is 15.3. The number of amides is 2. The lowest BCUT2D eigenvalue weighted by molar-refractivity contribution is -0.125. The normalized spacial score (nSPS) is 19.2. The van der Waals surface area contributed by atoms with Crippen molar-refractivity contribution < 1.29 is 9.59 Å². The third-order valence-corrected chi connectivity index (χ3v) is 4.81. The molecule has 110 valence electrons. The molecule has 1 atom stereocenters. The number of carbonyl (C=O) groups excluding carboxylic acids is 2. The first-order valence-electron chi connectivity index (χ1n) is 6.40. The number of nitrogens with zero attached hydrogens (tertiary/aromatic N) is 2. The van der Waals surface area contributed by atoms with Gasteiger partial charge in [0, 0.05) is 11.3 Å². The Labute approximate surface area is 127 Å². The molecule has 20 heavy (non-hydrogen) atoms. The van der Waals surface area contributed by atoms with Crippen LogP contribution in [0, 0.1) is 6.92 Å². The van der Waals surface area contributed by atoms with E-state index in [0.717, 1.165) is 5.69 Å². The summed E-state index contributed by atoms with van der Waals surface area (Å²) < 4.78 is 0. The maximum atomic E-state index is 12.5. The van der Waals surface area contributed by atoms with Gasteiger partial charge in [0.2, 0.25) is 5.91 Å². The third kappa shape index (κ3) is 3.32. The highest BCUT2D eigenvalue weighted by Gasteiger charge is 2.37. The molecule has 1 aromatic rings. The molecular weight excluding hydrogens is 294 g/mol. The van der Waals surface area contributed by atoms with Crippen LogP contribution in [0.4, 0.5) is 0 Å². The minimum Gasteiger partial charge on any atom is -0.350 e. The molecule has 0 radical (unpaired) electrons. The Morgan fingerprint density at radius 3 is 2.70 bits per heavy atom. The van der Waals surface area contributed by atoms with E-state index in [9.17, 15) is 9.59 Å². The molecule has 2 rings (SSSR count). The number of nitrogens with one attached hydrogen (secondary N) is 1. The van der Waals surface area contributed by atoms with Gasteiger partial charge in [-0.05, 0) is 27.7 Å². The van der Waals surface area contributed by atoms with E-state index in [2.05, 4.69) is 10.3 Å². The van der Waals surface area contributed by atoms with Gasteiger partial charge in [-0.1, -0.05) is 0 Å². The summed E-state index contributed by atoms with van der Waals surface area (Å²) in [6, 6.07) is -0.395. The SMILES string of the molecule is Cc1ncsc1C(=O)N1CSC[C@H]1C(=O)NC(C)(C)C. The Morgan fingerprint density at radius 1 is 1.45 bits per heavy atom. The van der Waals surface area contributed by atoms with Crippen molar-refractivity contribution in [3.63, 3.8) is 0 Å². The lowest BCUT2D eigenvalue weighted by Gasteiger charge is -2.27. The van der Waals surface area contributed by atoms with Crippen LogP contribution in [0.15, 0.2) is 5.51 Å². The molecule has 5 nitrogen and oxygen atoms in total. The Morgan fingerprint density at radius 2 is 2.15 bits per heavy atom. The average molecular weight is 313 g/mol. The van der Waals surface area contributed by atoms with Crippen molar-refractivity contribution in [2.24, 2.45) is 0 Å². The molecule has 2 heterocycles. The van der Waals surface area contributed by atoms with Crippen LogP contribution >= 0.6 is 23.1 Å². The van der Waals surface area contributed by atoms with Crippen LogP contribution in [0.2, 0.25) is 0 Å². The zero-order chi connectivity index (χ0) is 14.9. The van der Waals surface area contributed by atoms with Gasteiger partial charge in [0.1, 0.15) is 10.9 Å². The lowest BCUT2D eigenvalue weighted by atomic mass is 10.1. The van der Waals surface area contributed by atoms with E-state index in [1.807, 2.05) is 27.7 Å². The zero-order valence-corrected chi connectivity index (χ0v) is 13.7. The number of aromatic nitrogens is 1. The van der Waals surface area contributed by atoms with E-state index < -0.39 is 6.04 Å². The summed E-state index contributed by atoms with van der Waals surface area (Å²) in [5, 5.41) is 2.95. The van der Waals surface area contributed by atoms with Crippen LogP contribution < -0.4 is 5.32 Å². The molecule has 0 unspecified atom stereocenters. The predicted octanol–water partition coefficient (Wildman–Crippen LogP) is 1.88. The topological polar surface area (TPSA) is 62.3 Å². The van der Waals surface area contributed by atoms with E-state index >= 15 is 0 Å². The van der Waals surface area contributed by atoms with Crippen LogP contribution in [0.5, 0.6) is 0 Å². The fraction of sp³-hybridized carbons (Fsp3) is 0.615. The molecule has 0 bridgehead atoms. The van der Waals surface area contributed by atoms with Crippen LogP contribution in [-0.2, 0) is 4.79 Å². The van der Waals surface area contributed by atoms with E-state index in [1.165, 1.54) is 11.3 Å². The highest BCUT2D eigenvalue weighted by molar-refractivity contribution is 7.99. The molecule has 0 spiro atoms.